The number of carboxylic acids is 1. The first-order chi connectivity index (χ1) is 6.24. The summed E-state index contributed by atoms with van der Waals surface area (Å²) in [6.07, 6.45) is 0. The number of hydrogen-bond acceptors (Lipinski definition) is 4. The second-order valence-electron chi connectivity index (χ2n) is 2.57. The predicted molar refractivity (Wildman–Crippen MR) is 52.0 cm³/mol. The van der Waals surface area contributed by atoms with Crippen molar-refractivity contribution < 1.29 is 9.90 Å². The molecule has 0 spiro atoms. The van der Waals surface area contributed by atoms with Crippen LogP contribution in [0.4, 0.5) is 0 Å². The molecular formula is C8H12N2O2S. The molecule has 0 aliphatic rings. The summed E-state index contributed by atoms with van der Waals surface area (Å²) in [6, 6.07) is 1.68. The van der Waals surface area contributed by atoms with E-state index in [0.717, 1.165) is 11.4 Å². The summed E-state index contributed by atoms with van der Waals surface area (Å²) in [7, 11) is 0. The summed E-state index contributed by atoms with van der Waals surface area (Å²) < 4.78 is 0. The van der Waals surface area contributed by atoms with Gasteiger partial charge in [0.1, 0.15) is 0 Å². The minimum absolute atomic E-state index is 0.356. The molecule has 0 unspecified atom stereocenters. The molecular weight excluding hydrogens is 188 g/mol. The Balaban J connectivity index is 2.44. The van der Waals surface area contributed by atoms with Crippen molar-refractivity contribution in [2.75, 3.05) is 13.1 Å². The second-order valence-corrected chi connectivity index (χ2v) is 3.57. The lowest BCUT2D eigenvalue weighted by molar-refractivity contribution is 0.0697. The van der Waals surface area contributed by atoms with Gasteiger partial charge in [0.15, 0.2) is 0 Å². The first kappa shape index (κ1) is 10.2. The third-order valence-electron chi connectivity index (χ3n) is 1.52. The molecule has 13 heavy (non-hydrogen) atoms. The molecule has 0 aliphatic heterocycles. The lowest BCUT2D eigenvalue weighted by Gasteiger charge is -1.98. The Bertz CT molecular complexity index is 285. The van der Waals surface area contributed by atoms with E-state index in [1.807, 2.05) is 0 Å². The van der Waals surface area contributed by atoms with Crippen molar-refractivity contribution in [3.8, 4) is 0 Å². The Morgan fingerprint density at radius 3 is 3.00 bits per heavy atom. The van der Waals surface area contributed by atoms with Crippen molar-refractivity contribution in [3.63, 3.8) is 0 Å². The Hall–Kier alpha value is -0.910. The van der Waals surface area contributed by atoms with Crippen LogP contribution in [0.1, 0.15) is 15.2 Å². The quantitative estimate of drug-likeness (QED) is 0.605. The van der Waals surface area contributed by atoms with Crippen LogP contribution in [0.3, 0.4) is 0 Å². The van der Waals surface area contributed by atoms with Crippen LogP contribution in [0, 0.1) is 0 Å². The minimum Gasteiger partial charge on any atom is -0.478 e. The summed E-state index contributed by atoms with van der Waals surface area (Å²) in [4.78, 5) is 11.5. The number of nitrogens with two attached hydrogens (primary N) is 1. The first-order valence-corrected chi connectivity index (χ1v) is 4.83. The van der Waals surface area contributed by atoms with Gasteiger partial charge in [-0.3, -0.25) is 0 Å². The van der Waals surface area contributed by atoms with E-state index in [4.69, 9.17) is 10.8 Å². The van der Waals surface area contributed by atoms with Crippen molar-refractivity contribution in [1.82, 2.24) is 5.32 Å². The van der Waals surface area contributed by atoms with Crippen LogP contribution < -0.4 is 11.1 Å². The van der Waals surface area contributed by atoms with E-state index in [-0.39, 0.29) is 0 Å². The van der Waals surface area contributed by atoms with Gasteiger partial charge in [0.05, 0.1) is 5.56 Å². The standard InChI is InChI=1S/C8H12N2O2S/c9-1-2-10-4-7-3-6(5-13-7)8(11)12/h3,5,10H,1-2,4,9H2,(H,11,12). The van der Waals surface area contributed by atoms with Gasteiger partial charge in [0.25, 0.3) is 0 Å². The minimum atomic E-state index is -0.874. The van der Waals surface area contributed by atoms with Gasteiger partial charge in [0.2, 0.25) is 0 Å². The average molecular weight is 200 g/mol. The molecule has 4 nitrogen and oxygen atoms in total. The molecule has 0 aromatic carbocycles. The smallest absolute Gasteiger partial charge is 0.336 e. The molecule has 0 amide bonds. The van der Waals surface area contributed by atoms with E-state index in [1.165, 1.54) is 11.3 Å². The molecule has 0 saturated heterocycles. The van der Waals surface area contributed by atoms with Crippen molar-refractivity contribution in [1.29, 1.82) is 0 Å². The van der Waals surface area contributed by atoms with Gasteiger partial charge in [-0.05, 0) is 6.07 Å². The molecule has 0 aliphatic carbocycles. The zero-order valence-corrected chi connectivity index (χ0v) is 7.93. The molecule has 0 radical (unpaired) electrons. The Morgan fingerprint density at radius 1 is 1.69 bits per heavy atom. The molecule has 0 atom stereocenters. The molecule has 0 saturated carbocycles. The third-order valence-corrected chi connectivity index (χ3v) is 2.46. The van der Waals surface area contributed by atoms with E-state index in [2.05, 4.69) is 5.32 Å². The molecule has 1 heterocycles. The molecule has 72 valence electrons. The zero-order valence-electron chi connectivity index (χ0n) is 7.12. The number of nitrogens with one attached hydrogen (secondary N) is 1. The summed E-state index contributed by atoms with van der Waals surface area (Å²) in [6.45, 7) is 2.03. The SMILES string of the molecule is NCCNCc1cc(C(=O)O)cs1. The van der Waals surface area contributed by atoms with E-state index in [0.29, 0.717) is 18.7 Å². The lowest BCUT2D eigenvalue weighted by Crippen LogP contribution is -2.21. The van der Waals surface area contributed by atoms with Crippen molar-refractivity contribution in [3.05, 3.63) is 21.9 Å². The maximum Gasteiger partial charge on any atom is 0.336 e. The highest BCUT2D eigenvalue weighted by Crippen LogP contribution is 2.13. The van der Waals surface area contributed by atoms with Gasteiger partial charge in [-0.15, -0.1) is 11.3 Å². The maximum absolute atomic E-state index is 10.5. The van der Waals surface area contributed by atoms with Gasteiger partial charge < -0.3 is 16.2 Å². The highest BCUT2D eigenvalue weighted by atomic mass is 32.1. The van der Waals surface area contributed by atoms with Crippen molar-refractivity contribution in [2.45, 2.75) is 6.54 Å². The van der Waals surface area contributed by atoms with Gasteiger partial charge in [0, 0.05) is 29.9 Å². The number of hydrogen-bond donors (Lipinski definition) is 3. The normalized spacial score (nSPS) is 10.2. The molecule has 1 aromatic heterocycles. The summed E-state index contributed by atoms with van der Waals surface area (Å²) in [5.41, 5.74) is 5.65. The van der Waals surface area contributed by atoms with Gasteiger partial charge in [-0.2, -0.15) is 0 Å². The fourth-order valence-electron chi connectivity index (χ4n) is 0.899. The lowest BCUT2D eigenvalue weighted by atomic mass is 10.3. The Kier molecular flexibility index (Phi) is 3.88. The van der Waals surface area contributed by atoms with Gasteiger partial charge >= 0.3 is 5.97 Å². The topological polar surface area (TPSA) is 75.3 Å². The largest absolute Gasteiger partial charge is 0.478 e. The second kappa shape index (κ2) is 4.96. The fourth-order valence-corrected chi connectivity index (χ4v) is 1.73. The van der Waals surface area contributed by atoms with Crippen LogP contribution in [-0.2, 0) is 6.54 Å². The predicted octanol–water partition coefficient (Wildman–Crippen LogP) is 0.495. The molecule has 1 aromatic rings. The van der Waals surface area contributed by atoms with Crippen LogP contribution in [0.15, 0.2) is 11.4 Å². The Labute approximate surface area is 80.4 Å². The van der Waals surface area contributed by atoms with E-state index < -0.39 is 5.97 Å². The first-order valence-electron chi connectivity index (χ1n) is 3.95. The van der Waals surface area contributed by atoms with Crippen molar-refractivity contribution in [2.24, 2.45) is 5.73 Å². The van der Waals surface area contributed by atoms with E-state index in [1.54, 1.807) is 11.4 Å². The average Bonchev–Trinajstić information content (AvgIpc) is 2.53. The Morgan fingerprint density at radius 2 is 2.46 bits per heavy atom. The van der Waals surface area contributed by atoms with Crippen LogP contribution in [0.5, 0.6) is 0 Å². The van der Waals surface area contributed by atoms with E-state index >= 15 is 0 Å². The molecule has 1 rings (SSSR count). The fraction of sp³-hybridized carbons (Fsp3) is 0.375. The number of thiophene rings is 1. The molecule has 0 bridgehead atoms. The number of aromatic carboxylic acids is 1. The summed E-state index contributed by atoms with van der Waals surface area (Å²) >= 11 is 1.44. The van der Waals surface area contributed by atoms with Crippen LogP contribution in [0.2, 0.25) is 0 Å². The highest BCUT2D eigenvalue weighted by molar-refractivity contribution is 7.10. The summed E-state index contributed by atoms with van der Waals surface area (Å²) in [5.74, 6) is -0.874. The third kappa shape index (κ3) is 3.14. The summed E-state index contributed by atoms with van der Waals surface area (Å²) in [5, 5.41) is 13.4. The monoisotopic (exact) mass is 200 g/mol. The van der Waals surface area contributed by atoms with Crippen LogP contribution in [-0.4, -0.2) is 24.2 Å². The zero-order chi connectivity index (χ0) is 9.68. The number of carbonyl (C=O) groups is 1. The number of rotatable bonds is 5. The van der Waals surface area contributed by atoms with E-state index in [9.17, 15) is 4.79 Å². The van der Waals surface area contributed by atoms with Gasteiger partial charge in [-0.25, -0.2) is 4.79 Å². The molecule has 5 heteroatoms. The molecule has 0 fully saturated rings. The number of carboxylic acid groups (broad SMARTS) is 1. The van der Waals surface area contributed by atoms with Crippen LogP contribution >= 0.6 is 11.3 Å². The maximum atomic E-state index is 10.5. The highest BCUT2D eigenvalue weighted by Gasteiger charge is 2.05. The van der Waals surface area contributed by atoms with Crippen LogP contribution in [0.25, 0.3) is 0 Å². The van der Waals surface area contributed by atoms with Gasteiger partial charge in [-0.1, -0.05) is 0 Å². The molecule has 4 N–H and O–H groups in total. The van der Waals surface area contributed by atoms with Crippen molar-refractivity contribution >= 4 is 17.3 Å².